The number of hydrogen-bond donors (Lipinski definition) is 2. The molecule has 0 unspecified atom stereocenters. The van der Waals surface area contributed by atoms with Crippen LogP contribution in [0.25, 0.3) is 10.2 Å². The van der Waals surface area contributed by atoms with E-state index in [4.69, 9.17) is 4.74 Å². The van der Waals surface area contributed by atoms with Crippen LogP contribution in [0.3, 0.4) is 0 Å². The maximum absolute atomic E-state index is 12.3. The summed E-state index contributed by atoms with van der Waals surface area (Å²) < 4.78 is 6.33. The van der Waals surface area contributed by atoms with Gasteiger partial charge in [0, 0.05) is 30.9 Å². The second kappa shape index (κ2) is 6.25. The van der Waals surface area contributed by atoms with Gasteiger partial charge in [0.05, 0.1) is 23.2 Å². The molecule has 4 rings (SSSR count). The molecule has 1 aliphatic heterocycles. The normalized spacial score (nSPS) is 14.4. The van der Waals surface area contributed by atoms with E-state index in [1.165, 1.54) is 6.07 Å². The third-order valence-corrected chi connectivity index (χ3v) is 5.32. The second-order valence-electron chi connectivity index (χ2n) is 5.97. The van der Waals surface area contributed by atoms with Gasteiger partial charge in [0.15, 0.2) is 5.13 Å². The van der Waals surface area contributed by atoms with Crippen molar-refractivity contribution < 1.29 is 14.6 Å². The lowest BCUT2D eigenvalue weighted by molar-refractivity contribution is -0.120. The molecule has 2 aromatic carbocycles. The molecule has 1 fully saturated rings. The number of phenolic OH excluding ortho intramolecular Hbond substituents is 1. The van der Waals surface area contributed by atoms with E-state index in [0.29, 0.717) is 18.8 Å². The van der Waals surface area contributed by atoms with E-state index >= 15 is 0 Å². The third-order valence-electron chi connectivity index (χ3n) is 4.22. The third kappa shape index (κ3) is 3.10. The number of fused-ring (bicyclic) bond motifs is 1. The summed E-state index contributed by atoms with van der Waals surface area (Å²) in [5.41, 5.74) is 1.52. The summed E-state index contributed by atoms with van der Waals surface area (Å²) in [5.74, 6) is 0.808. The minimum atomic E-state index is -0.0797. The molecule has 1 saturated heterocycles. The molecule has 7 heteroatoms. The van der Waals surface area contributed by atoms with Crippen molar-refractivity contribution in [3.63, 3.8) is 0 Å². The Kier molecular flexibility index (Phi) is 3.93. The van der Waals surface area contributed by atoms with Gasteiger partial charge in [-0.05, 0) is 24.3 Å². The van der Waals surface area contributed by atoms with Gasteiger partial charge in [-0.25, -0.2) is 4.98 Å². The lowest BCUT2D eigenvalue weighted by atomic mass is 10.00. The number of carbonyl (C=O) groups excluding carboxylic acids is 1. The first-order valence-corrected chi connectivity index (χ1v) is 8.73. The molecule has 1 amide bonds. The number of rotatable bonds is 4. The van der Waals surface area contributed by atoms with Gasteiger partial charge in [0.25, 0.3) is 0 Å². The van der Waals surface area contributed by atoms with E-state index in [0.717, 1.165) is 21.1 Å². The molecule has 6 nitrogen and oxygen atoms in total. The number of methoxy groups -OCH3 is 1. The highest BCUT2D eigenvalue weighted by molar-refractivity contribution is 7.22. The Morgan fingerprint density at radius 1 is 1.32 bits per heavy atom. The minimum absolute atomic E-state index is 0.0374. The predicted octanol–water partition coefficient (Wildman–Crippen LogP) is 3.09. The number of nitrogens with one attached hydrogen (secondary N) is 1. The van der Waals surface area contributed by atoms with Crippen LogP contribution in [0.5, 0.6) is 11.5 Å². The standard InChI is InChI=1S/C18H17N3O3S/c1-24-14-5-6-16-15(8-14)20-18(25-16)21-9-11(10-21)17(23)19-12-3-2-4-13(22)7-12/h2-8,11,22H,9-10H2,1H3,(H,19,23). The number of carbonyl (C=O) groups is 1. The van der Waals surface area contributed by atoms with E-state index in [1.807, 2.05) is 18.2 Å². The van der Waals surface area contributed by atoms with Crippen molar-refractivity contribution >= 4 is 38.3 Å². The van der Waals surface area contributed by atoms with Crippen molar-refractivity contribution in [1.29, 1.82) is 0 Å². The van der Waals surface area contributed by atoms with Gasteiger partial charge in [-0.15, -0.1) is 0 Å². The number of nitrogens with zero attached hydrogens (tertiary/aromatic N) is 2. The first-order valence-electron chi connectivity index (χ1n) is 7.92. The number of aromatic hydroxyl groups is 1. The fourth-order valence-electron chi connectivity index (χ4n) is 2.79. The molecule has 128 valence electrons. The van der Waals surface area contributed by atoms with Crippen molar-refractivity contribution in [2.75, 3.05) is 30.4 Å². The SMILES string of the molecule is COc1ccc2sc(N3CC(C(=O)Nc4cccc(O)c4)C3)nc2c1. The molecule has 0 aliphatic carbocycles. The molecule has 0 atom stereocenters. The Hall–Kier alpha value is -2.80. The summed E-state index contributed by atoms with van der Waals surface area (Å²) in [5, 5.41) is 13.2. The van der Waals surface area contributed by atoms with Crippen LogP contribution in [-0.4, -0.2) is 36.2 Å². The molecule has 2 heterocycles. The fourth-order valence-corrected chi connectivity index (χ4v) is 3.75. The predicted molar refractivity (Wildman–Crippen MR) is 98.6 cm³/mol. The van der Waals surface area contributed by atoms with Gasteiger partial charge in [0.1, 0.15) is 11.5 Å². The number of hydrogen-bond acceptors (Lipinski definition) is 6. The Balaban J connectivity index is 1.40. The number of amides is 1. The quantitative estimate of drug-likeness (QED) is 0.752. The monoisotopic (exact) mass is 355 g/mol. The molecule has 3 aromatic rings. The van der Waals surface area contributed by atoms with Crippen LogP contribution in [0, 0.1) is 5.92 Å². The van der Waals surface area contributed by atoms with Crippen LogP contribution in [0.2, 0.25) is 0 Å². The molecule has 25 heavy (non-hydrogen) atoms. The summed E-state index contributed by atoms with van der Waals surface area (Å²) in [6.07, 6.45) is 0. The molecular formula is C18H17N3O3S. The molecular weight excluding hydrogens is 338 g/mol. The van der Waals surface area contributed by atoms with Crippen molar-refractivity contribution in [2.45, 2.75) is 0 Å². The topological polar surface area (TPSA) is 74.7 Å². The highest BCUT2D eigenvalue weighted by Crippen LogP contribution is 2.34. The Bertz CT molecular complexity index is 934. The van der Waals surface area contributed by atoms with E-state index in [2.05, 4.69) is 15.2 Å². The lowest BCUT2D eigenvalue weighted by Crippen LogP contribution is -2.52. The zero-order chi connectivity index (χ0) is 17.4. The van der Waals surface area contributed by atoms with E-state index in [1.54, 1.807) is 36.6 Å². The summed E-state index contributed by atoms with van der Waals surface area (Å²) >= 11 is 1.61. The molecule has 0 radical (unpaired) electrons. The summed E-state index contributed by atoms with van der Waals surface area (Å²) in [4.78, 5) is 19.0. The van der Waals surface area contributed by atoms with Gasteiger partial charge in [-0.2, -0.15) is 0 Å². The van der Waals surface area contributed by atoms with Crippen molar-refractivity contribution in [2.24, 2.45) is 5.92 Å². The number of benzene rings is 2. The van der Waals surface area contributed by atoms with Crippen LogP contribution in [0.4, 0.5) is 10.8 Å². The first kappa shape index (κ1) is 15.7. The van der Waals surface area contributed by atoms with Gasteiger partial charge < -0.3 is 20.1 Å². The number of phenols is 1. The highest BCUT2D eigenvalue weighted by Gasteiger charge is 2.34. The summed E-state index contributed by atoms with van der Waals surface area (Å²) in [7, 11) is 1.64. The highest BCUT2D eigenvalue weighted by atomic mass is 32.1. The van der Waals surface area contributed by atoms with Crippen LogP contribution < -0.4 is 15.0 Å². The van der Waals surface area contributed by atoms with E-state index in [9.17, 15) is 9.90 Å². The number of ether oxygens (including phenoxy) is 1. The van der Waals surface area contributed by atoms with Crippen LogP contribution in [0.15, 0.2) is 42.5 Å². The van der Waals surface area contributed by atoms with Crippen LogP contribution in [-0.2, 0) is 4.79 Å². The number of anilines is 2. The maximum atomic E-state index is 12.3. The fraction of sp³-hybridized carbons (Fsp3) is 0.222. The average molecular weight is 355 g/mol. The Labute approximate surface area is 148 Å². The molecule has 1 aromatic heterocycles. The van der Waals surface area contributed by atoms with Gasteiger partial charge >= 0.3 is 0 Å². The molecule has 1 aliphatic rings. The lowest BCUT2D eigenvalue weighted by Gasteiger charge is -2.37. The van der Waals surface area contributed by atoms with Crippen LogP contribution in [0.1, 0.15) is 0 Å². The van der Waals surface area contributed by atoms with Gasteiger partial charge in [0.2, 0.25) is 5.91 Å². The number of thiazole rings is 1. The maximum Gasteiger partial charge on any atom is 0.231 e. The first-order chi connectivity index (χ1) is 12.1. The Morgan fingerprint density at radius 3 is 2.92 bits per heavy atom. The van der Waals surface area contributed by atoms with Gasteiger partial charge in [-0.1, -0.05) is 17.4 Å². The second-order valence-corrected chi connectivity index (χ2v) is 6.98. The van der Waals surface area contributed by atoms with Crippen molar-refractivity contribution in [1.82, 2.24) is 4.98 Å². The Morgan fingerprint density at radius 2 is 2.16 bits per heavy atom. The van der Waals surface area contributed by atoms with Crippen molar-refractivity contribution in [3.05, 3.63) is 42.5 Å². The molecule has 0 bridgehead atoms. The number of aromatic nitrogens is 1. The summed E-state index contributed by atoms with van der Waals surface area (Å²) in [6, 6.07) is 12.4. The smallest absolute Gasteiger partial charge is 0.231 e. The van der Waals surface area contributed by atoms with E-state index in [-0.39, 0.29) is 17.6 Å². The largest absolute Gasteiger partial charge is 0.508 e. The minimum Gasteiger partial charge on any atom is -0.508 e. The van der Waals surface area contributed by atoms with E-state index < -0.39 is 0 Å². The summed E-state index contributed by atoms with van der Waals surface area (Å²) in [6.45, 7) is 1.28. The molecule has 0 saturated carbocycles. The average Bonchev–Trinajstić information content (AvgIpc) is 2.95. The zero-order valence-corrected chi connectivity index (χ0v) is 14.4. The van der Waals surface area contributed by atoms with Crippen LogP contribution >= 0.6 is 11.3 Å². The molecule has 2 N–H and O–H groups in total. The van der Waals surface area contributed by atoms with Crippen molar-refractivity contribution in [3.8, 4) is 11.5 Å². The molecule has 0 spiro atoms. The zero-order valence-electron chi connectivity index (χ0n) is 13.6. The van der Waals surface area contributed by atoms with Gasteiger partial charge in [-0.3, -0.25) is 4.79 Å².